The van der Waals surface area contributed by atoms with E-state index in [4.69, 9.17) is 4.98 Å². The Bertz CT molecular complexity index is 1070. The molecule has 5 nitrogen and oxygen atoms in total. The number of pyridine rings is 1. The lowest BCUT2D eigenvalue weighted by molar-refractivity contribution is 1.13. The van der Waals surface area contributed by atoms with Crippen LogP contribution in [-0.2, 0) is 0 Å². The van der Waals surface area contributed by atoms with Gasteiger partial charge < -0.3 is 10.2 Å². The van der Waals surface area contributed by atoms with Crippen LogP contribution in [0.2, 0.25) is 0 Å². The highest BCUT2D eigenvalue weighted by Gasteiger charge is 2.14. The predicted molar refractivity (Wildman–Crippen MR) is 123 cm³/mol. The molecule has 0 aliphatic rings. The summed E-state index contributed by atoms with van der Waals surface area (Å²) < 4.78 is 3.09. The third-order valence-electron chi connectivity index (χ3n) is 4.14. The van der Waals surface area contributed by atoms with Crippen molar-refractivity contribution in [3.05, 3.63) is 58.1 Å². The Morgan fingerprint density at radius 2 is 1.81 bits per heavy atom. The van der Waals surface area contributed by atoms with Crippen molar-refractivity contribution in [3.8, 4) is 11.4 Å². The van der Waals surface area contributed by atoms with E-state index in [2.05, 4.69) is 65.2 Å². The fourth-order valence-electron chi connectivity index (χ4n) is 2.85. The summed E-state index contributed by atoms with van der Waals surface area (Å²) in [5.41, 5.74) is 6.02. The molecule has 27 heavy (non-hydrogen) atoms. The van der Waals surface area contributed by atoms with Crippen molar-refractivity contribution >= 4 is 66.4 Å². The molecule has 0 saturated carbocycles. The molecular weight excluding hydrogens is 490 g/mol. The van der Waals surface area contributed by atoms with Crippen LogP contribution in [-0.4, -0.2) is 28.5 Å². The zero-order valence-corrected chi connectivity index (χ0v) is 19.2. The van der Waals surface area contributed by atoms with Crippen LogP contribution < -0.4 is 10.2 Å². The smallest absolute Gasteiger partial charge is 0.187 e. The van der Waals surface area contributed by atoms with Crippen LogP contribution >= 0.6 is 44.2 Å². The van der Waals surface area contributed by atoms with Crippen LogP contribution in [0.25, 0.3) is 17.0 Å². The van der Waals surface area contributed by atoms with Gasteiger partial charge in [0, 0.05) is 41.5 Å². The van der Waals surface area contributed by atoms with Crippen molar-refractivity contribution in [1.29, 1.82) is 0 Å². The number of halogens is 2. The lowest BCUT2D eigenvalue weighted by Gasteiger charge is -2.12. The fourth-order valence-corrected chi connectivity index (χ4v) is 3.90. The molecule has 4 aromatic rings. The first-order valence-electron chi connectivity index (χ1n) is 8.16. The van der Waals surface area contributed by atoms with Gasteiger partial charge >= 0.3 is 0 Å². The minimum Gasteiger partial charge on any atom is -0.378 e. The molecule has 0 bridgehead atoms. The number of fused-ring (bicyclic) bond motifs is 1. The molecule has 3 aromatic heterocycles. The highest BCUT2D eigenvalue weighted by Crippen LogP contribution is 2.30. The summed E-state index contributed by atoms with van der Waals surface area (Å²) in [5, 5.41) is 6.31. The molecule has 0 atom stereocenters. The van der Waals surface area contributed by atoms with Gasteiger partial charge in [-0.1, -0.05) is 0 Å². The average Bonchev–Trinajstić information content (AvgIpc) is 3.18. The van der Waals surface area contributed by atoms with E-state index in [9.17, 15) is 0 Å². The molecule has 1 N–H and O–H groups in total. The summed E-state index contributed by atoms with van der Waals surface area (Å²) in [6, 6.07) is 12.3. The van der Waals surface area contributed by atoms with Gasteiger partial charge in [0.1, 0.15) is 11.3 Å². The number of imidazole rings is 1. The number of benzene rings is 1. The maximum Gasteiger partial charge on any atom is 0.187 e. The predicted octanol–water partition coefficient (Wildman–Crippen LogP) is 5.92. The van der Waals surface area contributed by atoms with E-state index >= 15 is 0 Å². The quantitative estimate of drug-likeness (QED) is 0.372. The number of nitrogens with one attached hydrogen (secondary N) is 1. The van der Waals surface area contributed by atoms with Crippen LogP contribution in [0.1, 0.15) is 5.69 Å². The molecule has 3 heterocycles. The first kappa shape index (κ1) is 19.9. The Morgan fingerprint density at radius 1 is 1.07 bits per heavy atom. The summed E-state index contributed by atoms with van der Waals surface area (Å²) in [7, 11) is 4.07. The second kappa shape index (κ2) is 8.00. The van der Waals surface area contributed by atoms with Gasteiger partial charge in [-0.15, -0.1) is 28.3 Å². The van der Waals surface area contributed by atoms with Gasteiger partial charge in [0.2, 0.25) is 0 Å². The largest absolute Gasteiger partial charge is 0.378 e. The molecule has 0 amide bonds. The van der Waals surface area contributed by atoms with Gasteiger partial charge in [-0.25, -0.2) is 9.97 Å². The molecule has 0 fully saturated rings. The van der Waals surface area contributed by atoms with E-state index in [0.29, 0.717) is 0 Å². The lowest BCUT2D eigenvalue weighted by atomic mass is 10.2. The van der Waals surface area contributed by atoms with E-state index in [1.165, 1.54) is 5.69 Å². The summed E-state index contributed by atoms with van der Waals surface area (Å²) in [4.78, 5) is 11.5. The van der Waals surface area contributed by atoms with E-state index in [1.807, 2.05) is 39.3 Å². The number of hydrogen-bond acceptors (Lipinski definition) is 5. The summed E-state index contributed by atoms with van der Waals surface area (Å²) in [6.45, 7) is 2.02. The minimum absolute atomic E-state index is 0. The van der Waals surface area contributed by atoms with Gasteiger partial charge in [-0.3, -0.25) is 4.40 Å². The monoisotopic (exact) mass is 507 g/mol. The van der Waals surface area contributed by atoms with Crippen LogP contribution in [0.3, 0.4) is 0 Å². The van der Waals surface area contributed by atoms with Gasteiger partial charge in [0.25, 0.3) is 0 Å². The first-order valence-corrected chi connectivity index (χ1v) is 9.83. The zero-order valence-electron chi connectivity index (χ0n) is 15.1. The molecule has 0 aliphatic heterocycles. The number of aromatic nitrogens is 3. The van der Waals surface area contributed by atoms with Crippen molar-refractivity contribution in [2.45, 2.75) is 6.92 Å². The SMILES string of the molecule is Br.Cc1nc2ccc(Br)cn2c1-c1csc(Nc2ccc(N(C)C)cc2)n1. The van der Waals surface area contributed by atoms with Crippen molar-refractivity contribution in [3.63, 3.8) is 0 Å². The number of thiazole rings is 1. The Hall–Kier alpha value is -1.90. The van der Waals surface area contributed by atoms with Gasteiger partial charge in [-0.2, -0.15) is 0 Å². The second-order valence-electron chi connectivity index (χ2n) is 6.23. The number of hydrogen-bond donors (Lipinski definition) is 1. The van der Waals surface area contributed by atoms with Crippen LogP contribution in [0.4, 0.5) is 16.5 Å². The van der Waals surface area contributed by atoms with Crippen LogP contribution in [0, 0.1) is 6.92 Å². The molecule has 8 heteroatoms. The van der Waals surface area contributed by atoms with E-state index in [-0.39, 0.29) is 17.0 Å². The van der Waals surface area contributed by atoms with Crippen molar-refractivity contribution in [1.82, 2.24) is 14.4 Å². The number of aryl methyl sites for hydroxylation is 1. The van der Waals surface area contributed by atoms with Crippen molar-refractivity contribution < 1.29 is 0 Å². The highest BCUT2D eigenvalue weighted by atomic mass is 79.9. The zero-order chi connectivity index (χ0) is 18.3. The van der Waals surface area contributed by atoms with Crippen LogP contribution in [0.5, 0.6) is 0 Å². The van der Waals surface area contributed by atoms with Crippen LogP contribution in [0.15, 0.2) is 52.4 Å². The molecule has 0 unspecified atom stereocenters. The fraction of sp³-hybridized carbons (Fsp3) is 0.158. The molecule has 0 aliphatic carbocycles. The minimum atomic E-state index is 0. The molecular formula is C19H19Br2N5S. The molecule has 0 radical (unpaired) electrons. The second-order valence-corrected chi connectivity index (χ2v) is 8.00. The number of anilines is 3. The Kier molecular flexibility index (Phi) is 5.88. The molecule has 140 valence electrons. The first-order chi connectivity index (χ1) is 12.5. The summed E-state index contributed by atoms with van der Waals surface area (Å²) in [5.74, 6) is 0. The topological polar surface area (TPSA) is 45.5 Å². The number of rotatable bonds is 4. The standard InChI is InChI=1S/C19H18BrN5S.BrH/c1-12-18(25-10-13(20)4-9-17(25)21-12)16-11-26-19(23-16)22-14-5-7-15(8-6-14)24(2)3;/h4-11H,1-3H3,(H,22,23);1H. The summed E-state index contributed by atoms with van der Waals surface area (Å²) >= 11 is 5.12. The third-order valence-corrected chi connectivity index (χ3v) is 5.37. The number of nitrogens with zero attached hydrogens (tertiary/aromatic N) is 4. The Balaban J connectivity index is 0.00000210. The van der Waals surface area contributed by atoms with Crippen molar-refractivity contribution in [2.24, 2.45) is 0 Å². The van der Waals surface area contributed by atoms with E-state index < -0.39 is 0 Å². The summed E-state index contributed by atoms with van der Waals surface area (Å²) in [6.07, 6.45) is 2.02. The molecule has 0 spiro atoms. The molecule has 1 aromatic carbocycles. The van der Waals surface area contributed by atoms with Gasteiger partial charge in [0.05, 0.1) is 11.4 Å². The van der Waals surface area contributed by atoms with Gasteiger partial charge in [0.15, 0.2) is 5.13 Å². The maximum atomic E-state index is 4.77. The average molecular weight is 509 g/mol. The van der Waals surface area contributed by atoms with Crippen molar-refractivity contribution in [2.75, 3.05) is 24.3 Å². The normalized spacial score (nSPS) is 10.7. The van der Waals surface area contributed by atoms with E-state index in [0.717, 1.165) is 38.0 Å². The maximum absolute atomic E-state index is 4.77. The Labute approximate surface area is 181 Å². The van der Waals surface area contributed by atoms with Gasteiger partial charge in [-0.05, 0) is 59.3 Å². The highest BCUT2D eigenvalue weighted by molar-refractivity contribution is 9.10. The molecule has 0 saturated heterocycles. The molecule has 4 rings (SSSR count). The third kappa shape index (κ3) is 4.02. The Morgan fingerprint density at radius 3 is 2.52 bits per heavy atom. The van der Waals surface area contributed by atoms with E-state index in [1.54, 1.807) is 11.3 Å². The lowest BCUT2D eigenvalue weighted by Crippen LogP contribution is -2.08.